The molecular weight excluding hydrogens is 454 g/mol. The first-order chi connectivity index (χ1) is 17.4. The summed E-state index contributed by atoms with van der Waals surface area (Å²) < 4.78 is 10.8. The number of hydrazone groups is 1. The molecule has 0 aromatic heterocycles. The lowest BCUT2D eigenvalue weighted by Crippen LogP contribution is -2.44. The van der Waals surface area contributed by atoms with Crippen LogP contribution in [0.5, 0.6) is 5.75 Å². The van der Waals surface area contributed by atoms with Crippen molar-refractivity contribution in [3.05, 3.63) is 64.7 Å². The first kappa shape index (κ1) is 25.9. The van der Waals surface area contributed by atoms with Gasteiger partial charge in [-0.2, -0.15) is 5.10 Å². The summed E-state index contributed by atoms with van der Waals surface area (Å²) in [5.74, 6) is 0.406. The van der Waals surface area contributed by atoms with Gasteiger partial charge in [-0.05, 0) is 70.3 Å². The highest BCUT2D eigenvalue weighted by molar-refractivity contribution is 6.04. The van der Waals surface area contributed by atoms with E-state index in [1.54, 1.807) is 5.01 Å². The number of esters is 1. The first-order valence-electron chi connectivity index (χ1n) is 13.0. The highest BCUT2D eigenvalue weighted by Crippen LogP contribution is 2.34. The van der Waals surface area contributed by atoms with Gasteiger partial charge in [0, 0.05) is 18.5 Å². The predicted molar refractivity (Wildman–Crippen MR) is 140 cm³/mol. The maximum Gasteiger partial charge on any atom is 0.310 e. The van der Waals surface area contributed by atoms with E-state index in [9.17, 15) is 9.59 Å². The zero-order valence-corrected chi connectivity index (χ0v) is 21.8. The van der Waals surface area contributed by atoms with E-state index in [0.29, 0.717) is 26.2 Å². The summed E-state index contributed by atoms with van der Waals surface area (Å²) in [6.45, 7) is 10.5. The molecule has 2 heterocycles. The van der Waals surface area contributed by atoms with E-state index in [-0.39, 0.29) is 30.4 Å². The van der Waals surface area contributed by atoms with Gasteiger partial charge in [-0.25, -0.2) is 5.01 Å². The van der Waals surface area contributed by atoms with Gasteiger partial charge in [0.2, 0.25) is 0 Å². The van der Waals surface area contributed by atoms with Gasteiger partial charge >= 0.3 is 5.97 Å². The molecule has 0 aliphatic carbocycles. The number of rotatable bonds is 8. The molecule has 0 unspecified atom stereocenters. The quantitative estimate of drug-likeness (QED) is 0.503. The van der Waals surface area contributed by atoms with Crippen LogP contribution in [0.25, 0.3) is 0 Å². The fraction of sp³-hybridized carbons (Fsp3) is 0.483. The third-order valence-electron chi connectivity index (χ3n) is 6.92. The molecule has 0 bridgehead atoms. The van der Waals surface area contributed by atoms with Crippen LogP contribution in [0.3, 0.4) is 0 Å². The number of hydrogen-bond acceptors (Lipinski definition) is 6. The SMILES string of the molecule is CCOC(=O)[C@H]1CCCN(CC(=O)N2N=C(c3ccc(C)cc3C)C[C@H]2c2ccc(OCC)cc2)C1. The predicted octanol–water partition coefficient (Wildman–Crippen LogP) is 4.65. The number of aryl methyl sites for hydroxylation is 2. The smallest absolute Gasteiger partial charge is 0.310 e. The van der Waals surface area contributed by atoms with Gasteiger partial charge < -0.3 is 9.47 Å². The van der Waals surface area contributed by atoms with Crippen molar-refractivity contribution in [3.63, 3.8) is 0 Å². The molecule has 2 aliphatic heterocycles. The fourth-order valence-corrected chi connectivity index (χ4v) is 5.17. The summed E-state index contributed by atoms with van der Waals surface area (Å²) in [6, 6.07) is 14.1. The minimum atomic E-state index is -0.186. The summed E-state index contributed by atoms with van der Waals surface area (Å²) >= 11 is 0. The number of likely N-dealkylation sites (tertiary alicyclic amines) is 1. The lowest BCUT2D eigenvalue weighted by atomic mass is 9.95. The molecule has 0 saturated carbocycles. The van der Waals surface area contributed by atoms with Gasteiger partial charge in [-0.15, -0.1) is 0 Å². The van der Waals surface area contributed by atoms with Crippen LogP contribution in [-0.2, 0) is 14.3 Å². The standard InChI is InChI=1S/C29H37N3O4/c1-5-35-24-12-10-22(11-13-24)27-17-26(25-14-9-20(3)16-21(25)4)30-32(27)28(33)19-31-15-7-8-23(18-31)29(34)36-6-2/h9-14,16,23,27H,5-8,15,17-19H2,1-4H3/t23-,27-/m0/s1. The van der Waals surface area contributed by atoms with E-state index in [4.69, 9.17) is 14.6 Å². The third kappa shape index (κ3) is 5.95. The number of ether oxygens (including phenoxy) is 2. The number of carbonyl (C=O) groups is 2. The summed E-state index contributed by atoms with van der Waals surface area (Å²) in [4.78, 5) is 28.0. The van der Waals surface area contributed by atoms with Crippen molar-refractivity contribution in [1.82, 2.24) is 9.91 Å². The fourth-order valence-electron chi connectivity index (χ4n) is 5.17. The van der Waals surface area contributed by atoms with Crippen molar-refractivity contribution < 1.29 is 19.1 Å². The summed E-state index contributed by atoms with van der Waals surface area (Å²) in [7, 11) is 0. The Balaban J connectivity index is 1.56. The molecule has 2 aliphatic rings. The van der Waals surface area contributed by atoms with Crippen LogP contribution in [0.15, 0.2) is 47.6 Å². The highest BCUT2D eigenvalue weighted by atomic mass is 16.5. The van der Waals surface area contributed by atoms with E-state index < -0.39 is 0 Å². The van der Waals surface area contributed by atoms with Gasteiger partial charge in [0.15, 0.2) is 0 Å². The third-order valence-corrected chi connectivity index (χ3v) is 6.92. The van der Waals surface area contributed by atoms with Gasteiger partial charge in [0.05, 0.1) is 37.4 Å². The number of carbonyl (C=O) groups excluding carboxylic acids is 2. The summed E-state index contributed by atoms with van der Waals surface area (Å²) in [5, 5.41) is 6.52. The second-order valence-corrected chi connectivity index (χ2v) is 9.65. The van der Waals surface area contributed by atoms with E-state index in [1.807, 2.05) is 38.1 Å². The molecule has 0 spiro atoms. The van der Waals surface area contributed by atoms with E-state index >= 15 is 0 Å². The van der Waals surface area contributed by atoms with Crippen molar-refractivity contribution in [1.29, 1.82) is 0 Å². The van der Waals surface area contributed by atoms with Crippen molar-refractivity contribution in [2.45, 2.75) is 53.0 Å². The maximum atomic E-state index is 13.6. The van der Waals surface area contributed by atoms with Crippen molar-refractivity contribution in [2.75, 3.05) is 32.8 Å². The molecule has 1 saturated heterocycles. The molecule has 7 nitrogen and oxygen atoms in total. The molecule has 2 atom stereocenters. The summed E-state index contributed by atoms with van der Waals surface area (Å²) in [5.41, 5.74) is 5.38. The Bertz CT molecular complexity index is 1110. The molecule has 7 heteroatoms. The number of amides is 1. The Morgan fingerprint density at radius 1 is 1.06 bits per heavy atom. The number of hydrogen-bond donors (Lipinski definition) is 0. The second kappa shape index (κ2) is 11.7. The lowest BCUT2D eigenvalue weighted by Gasteiger charge is -2.32. The topological polar surface area (TPSA) is 71.4 Å². The van der Waals surface area contributed by atoms with Crippen LogP contribution in [0.1, 0.15) is 61.4 Å². The monoisotopic (exact) mass is 491 g/mol. The molecule has 0 radical (unpaired) electrons. The van der Waals surface area contributed by atoms with Gasteiger partial charge in [-0.3, -0.25) is 14.5 Å². The average molecular weight is 492 g/mol. The number of nitrogens with zero attached hydrogens (tertiary/aromatic N) is 3. The van der Waals surface area contributed by atoms with E-state index in [1.165, 1.54) is 5.56 Å². The Morgan fingerprint density at radius 2 is 1.83 bits per heavy atom. The summed E-state index contributed by atoms with van der Waals surface area (Å²) in [6.07, 6.45) is 2.32. The molecule has 36 heavy (non-hydrogen) atoms. The molecule has 2 aromatic carbocycles. The molecule has 1 fully saturated rings. The second-order valence-electron chi connectivity index (χ2n) is 9.65. The molecule has 192 valence electrons. The highest BCUT2D eigenvalue weighted by Gasteiger charge is 2.35. The molecular formula is C29H37N3O4. The Morgan fingerprint density at radius 3 is 2.53 bits per heavy atom. The normalized spacial score (nSPS) is 20.2. The van der Waals surface area contributed by atoms with Crippen LogP contribution in [0, 0.1) is 19.8 Å². The van der Waals surface area contributed by atoms with Crippen molar-refractivity contribution >= 4 is 17.6 Å². The van der Waals surface area contributed by atoms with Gasteiger partial charge in [0.1, 0.15) is 5.75 Å². The lowest BCUT2D eigenvalue weighted by molar-refractivity contribution is -0.150. The van der Waals surface area contributed by atoms with Crippen LogP contribution < -0.4 is 4.74 Å². The van der Waals surface area contributed by atoms with Crippen molar-refractivity contribution in [2.24, 2.45) is 11.0 Å². The zero-order valence-electron chi connectivity index (χ0n) is 21.8. The van der Waals surface area contributed by atoms with E-state index in [2.05, 4.69) is 36.9 Å². The van der Waals surface area contributed by atoms with Crippen LogP contribution in [0.2, 0.25) is 0 Å². The van der Waals surface area contributed by atoms with Crippen molar-refractivity contribution in [3.8, 4) is 5.75 Å². The van der Waals surface area contributed by atoms with Crippen LogP contribution in [0.4, 0.5) is 0 Å². The minimum Gasteiger partial charge on any atom is -0.494 e. The maximum absolute atomic E-state index is 13.6. The largest absolute Gasteiger partial charge is 0.494 e. The number of benzene rings is 2. The molecule has 4 rings (SSSR count). The van der Waals surface area contributed by atoms with E-state index in [0.717, 1.165) is 47.5 Å². The first-order valence-corrected chi connectivity index (χ1v) is 13.0. The van der Waals surface area contributed by atoms with Crippen LogP contribution in [-0.4, -0.2) is 60.3 Å². The zero-order chi connectivity index (χ0) is 25.7. The Hall–Kier alpha value is -3.19. The van der Waals surface area contributed by atoms with Gasteiger partial charge in [-0.1, -0.05) is 35.9 Å². The van der Waals surface area contributed by atoms with Gasteiger partial charge in [0.25, 0.3) is 5.91 Å². The molecule has 0 N–H and O–H groups in total. The Kier molecular flexibility index (Phi) is 8.41. The molecule has 1 amide bonds. The minimum absolute atomic E-state index is 0.0573. The van der Waals surface area contributed by atoms with Crippen LogP contribution >= 0.6 is 0 Å². The molecule has 2 aromatic rings. The average Bonchev–Trinajstić information content (AvgIpc) is 3.30. The number of piperidine rings is 1. The Labute approximate surface area is 214 Å².